The van der Waals surface area contributed by atoms with Gasteiger partial charge in [-0.3, -0.25) is 0 Å². The summed E-state index contributed by atoms with van der Waals surface area (Å²) < 4.78 is 10.7. The van der Waals surface area contributed by atoms with Crippen molar-refractivity contribution < 1.29 is 14.6 Å². The summed E-state index contributed by atoms with van der Waals surface area (Å²) in [6.07, 6.45) is 2.99. The van der Waals surface area contributed by atoms with Gasteiger partial charge in [-0.25, -0.2) is 0 Å². The van der Waals surface area contributed by atoms with Crippen LogP contribution in [0.2, 0.25) is 0 Å². The Morgan fingerprint density at radius 2 is 1.78 bits per heavy atom. The van der Waals surface area contributed by atoms with Gasteiger partial charge in [-0.15, -0.1) is 0 Å². The summed E-state index contributed by atoms with van der Waals surface area (Å²) in [5.74, 6) is 0.657. The first kappa shape index (κ1) is 17.8. The van der Waals surface area contributed by atoms with Crippen molar-refractivity contribution in [2.24, 2.45) is 5.92 Å². The van der Waals surface area contributed by atoms with E-state index in [0.717, 1.165) is 32.4 Å². The van der Waals surface area contributed by atoms with E-state index in [9.17, 15) is 5.11 Å². The lowest BCUT2D eigenvalue weighted by atomic mass is 10.1. The quantitative estimate of drug-likeness (QED) is 0.497. The highest BCUT2D eigenvalue weighted by molar-refractivity contribution is 4.60. The molecule has 0 aromatic rings. The fraction of sp³-hybridized carbons (Fsp3) is 1.00. The fourth-order valence-corrected chi connectivity index (χ4v) is 1.39. The highest BCUT2D eigenvalue weighted by atomic mass is 16.5. The molecule has 18 heavy (non-hydrogen) atoms. The van der Waals surface area contributed by atoms with Crippen LogP contribution < -0.4 is 5.32 Å². The van der Waals surface area contributed by atoms with E-state index in [4.69, 9.17) is 9.47 Å². The van der Waals surface area contributed by atoms with Gasteiger partial charge in [0.25, 0.3) is 0 Å². The lowest BCUT2D eigenvalue weighted by Crippen LogP contribution is -2.33. The van der Waals surface area contributed by atoms with Crippen LogP contribution in [0.3, 0.4) is 0 Å². The van der Waals surface area contributed by atoms with Crippen molar-refractivity contribution in [3.8, 4) is 0 Å². The maximum absolute atomic E-state index is 9.65. The van der Waals surface area contributed by atoms with Crippen molar-refractivity contribution in [3.63, 3.8) is 0 Å². The molecule has 0 saturated heterocycles. The molecule has 2 N–H and O–H groups in total. The van der Waals surface area contributed by atoms with Crippen molar-refractivity contribution >= 4 is 0 Å². The molecule has 4 nitrogen and oxygen atoms in total. The Bertz CT molecular complexity index is 167. The minimum absolute atomic E-state index is 0.380. The standard InChI is InChI=1S/C14H31NO3/c1-4-6-7-17-8-9-18-12-14(16)11-15-10-13(3)5-2/h13-16H,4-12H2,1-3H3. The fourth-order valence-electron chi connectivity index (χ4n) is 1.39. The SMILES string of the molecule is CCCCOCCOCC(O)CNCC(C)CC. The molecule has 2 unspecified atom stereocenters. The van der Waals surface area contributed by atoms with Crippen LogP contribution in [0.4, 0.5) is 0 Å². The van der Waals surface area contributed by atoms with Crippen molar-refractivity contribution in [3.05, 3.63) is 0 Å². The molecule has 0 saturated carbocycles. The number of ether oxygens (including phenoxy) is 2. The van der Waals surface area contributed by atoms with Crippen LogP contribution in [-0.2, 0) is 9.47 Å². The lowest BCUT2D eigenvalue weighted by molar-refractivity contribution is 0.00377. The Kier molecular flexibility index (Phi) is 13.2. The monoisotopic (exact) mass is 261 g/mol. The zero-order chi connectivity index (χ0) is 13.6. The topological polar surface area (TPSA) is 50.7 Å². The first-order valence-corrected chi connectivity index (χ1v) is 7.24. The maximum atomic E-state index is 9.65. The summed E-state index contributed by atoms with van der Waals surface area (Å²) in [5, 5.41) is 12.9. The zero-order valence-electron chi connectivity index (χ0n) is 12.3. The second-order valence-electron chi connectivity index (χ2n) is 4.87. The van der Waals surface area contributed by atoms with E-state index in [-0.39, 0.29) is 0 Å². The third-order valence-corrected chi connectivity index (χ3v) is 2.89. The summed E-state index contributed by atoms with van der Waals surface area (Å²) in [5.41, 5.74) is 0. The van der Waals surface area contributed by atoms with Gasteiger partial charge in [0.15, 0.2) is 0 Å². The van der Waals surface area contributed by atoms with E-state index in [1.54, 1.807) is 0 Å². The van der Waals surface area contributed by atoms with Crippen molar-refractivity contribution in [2.45, 2.75) is 46.1 Å². The first-order valence-electron chi connectivity index (χ1n) is 7.24. The predicted molar refractivity (Wildman–Crippen MR) is 74.9 cm³/mol. The third kappa shape index (κ3) is 12.3. The second kappa shape index (κ2) is 13.3. The van der Waals surface area contributed by atoms with Gasteiger partial charge >= 0.3 is 0 Å². The molecule has 0 heterocycles. The minimum atomic E-state index is -0.426. The molecule has 0 aliphatic heterocycles. The molecule has 0 amide bonds. The lowest BCUT2D eigenvalue weighted by Gasteiger charge is -2.14. The van der Waals surface area contributed by atoms with Crippen molar-refractivity contribution in [2.75, 3.05) is 39.5 Å². The summed E-state index contributed by atoms with van der Waals surface area (Å²) in [7, 11) is 0. The van der Waals surface area contributed by atoms with Crippen molar-refractivity contribution in [1.82, 2.24) is 5.32 Å². The predicted octanol–water partition coefficient (Wildman–Crippen LogP) is 1.82. The normalized spacial score (nSPS) is 14.7. The number of aliphatic hydroxyl groups is 1. The van der Waals surface area contributed by atoms with E-state index >= 15 is 0 Å². The Morgan fingerprint density at radius 3 is 2.44 bits per heavy atom. The number of aliphatic hydroxyl groups excluding tert-OH is 1. The molecule has 0 aliphatic rings. The van der Waals surface area contributed by atoms with Gasteiger partial charge in [-0.05, 0) is 18.9 Å². The molecule has 2 atom stereocenters. The Hall–Kier alpha value is -0.160. The van der Waals surface area contributed by atoms with E-state index in [1.807, 2.05) is 0 Å². The minimum Gasteiger partial charge on any atom is -0.389 e. The van der Waals surface area contributed by atoms with Crippen LogP contribution >= 0.6 is 0 Å². The van der Waals surface area contributed by atoms with Gasteiger partial charge in [0.05, 0.1) is 25.9 Å². The molecule has 0 spiro atoms. The number of unbranched alkanes of at least 4 members (excludes halogenated alkanes) is 1. The Balaban J connectivity index is 3.19. The summed E-state index contributed by atoms with van der Waals surface area (Å²) >= 11 is 0. The maximum Gasteiger partial charge on any atom is 0.0897 e. The van der Waals surface area contributed by atoms with Crippen LogP contribution in [0, 0.1) is 5.92 Å². The molecule has 0 aromatic heterocycles. The molecule has 0 aromatic carbocycles. The van der Waals surface area contributed by atoms with Crippen LogP contribution in [0.5, 0.6) is 0 Å². The second-order valence-corrected chi connectivity index (χ2v) is 4.87. The zero-order valence-corrected chi connectivity index (χ0v) is 12.3. The number of hydrogen-bond acceptors (Lipinski definition) is 4. The van der Waals surface area contributed by atoms with Crippen LogP contribution in [0.15, 0.2) is 0 Å². The molecule has 0 bridgehead atoms. The summed E-state index contributed by atoms with van der Waals surface area (Å²) in [4.78, 5) is 0. The van der Waals surface area contributed by atoms with Crippen LogP contribution in [0.25, 0.3) is 0 Å². The van der Waals surface area contributed by atoms with Crippen molar-refractivity contribution in [1.29, 1.82) is 0 Å². The molecule has 110 valence electrons. The number of nitrogens with one attached hydrogen (secondary N) is 1. The number of rotatable bonds is 13. The molecule has 0 radical (unpaired) electrons. The Morgan fingerprint density at radius 1 is 1.06 bits per heavy atom. The Labute approximate surface area is 112 Å². The van der Waals surface area contributed by atoms with Gasteiger partial charge in [-0.1, -0.05) is 33.6 Å². The average molecular weight is 261 g/mol. The van der Waals surface area contributed by atoms with E-state index in [1.165, 1.54) is 0 Å². The molecule has 0 aliphatic carbocycles. The highest BCUT2D eigenvalue weighted by Gasteiger charge is 2.04. The van der Waals surface area contributed by atoms with Gasteiger partial charge in [-0.2, -0.15) is 0 Å². The van der Waals surface area contributed by atoms with Gasteiger partial charge in [0, 0.05) is 13.2 Å². The molecule has 0 fully saturated rings. The first-order chi connectivity index (χ1) is 8.70. The van der Waals surface area contributed by atoms with Crippen LogP contribution in [-0.4, -0.2) is 50.7 Å². The molecule has 0 rings (SSSR count). The van der Waals surface area contributed by atoms with Gasteiger partial charge in [0.1, 0.15) is 0 Å². The van der Waals surface area contributed by atoms with E-state index in [2.05, 4.69) is 26.1 Å². The average Bonchev–Trinajstić information content (AvgIpc) is 2.37. The summed E-state index contributed by atoms with van der Waals surface area (Å²) in [6, 6.07) is 0. The molecular formula is C14H31NO3. The van der Waals surface area contributed by atoms with Gasteiger partial charge in [0.2, 0.25) is 0 Å². The van der Waals surface area contributed by atoms with Gasteiger partial charge < -0.3 is 19.9 Å². The highest BCUT2D eigenvalue weighted by Crippen LogP contribution is 1.97. The molecule has 4 heteroatoms. The van der Waals surface area contributed by atoms with E-state index < -0.39 is 6.10 Å². The molecular weight excluding hydrogens is 230 g/mol. The smallest absolute Gasteiger partial charge is 0.0897 e. The third-order valence-electron chi connectivity index (χ3n) is 2.89. The number of hydrogen-bond donors (Lipinski definition) is 2. The van der Waals surface area contributed by atoms with Crippen LogP contribution in [0.1, 0.15) is 40.0 Å². The summed E-state index contributed by atoms with van der Waals surface area (Å²) in [6.45, 7) is 10.4. The largest absolute Gasteiger partial charge is 0.389 e. The van der Waals surface area contributed by atoms with E-state index in [0.29, 0.717) is 32.3 Å².